The van der Waals surface area contributed by atoms with Gasteiger partial charge in [0.1, 0.15) is 5.75 Å². The molecule has 1 atom stereocenters. The molecule has 0 aliphatic carbocycles. The summed E-state index contributed by atoms with van der Waals surface area (Å²) in [5, 5.41) is 9.53. The third kappa shape index (κ3) is 4.50. The number of rotatable bonds is 7. The molecule has 6 nitrogen and oxygen atoms in total. The fraction of sp³-hybridized carbons (Fsp3) is 0.192. The summed E-state index contributed by atoms with van der Waals surface area (Å²) in [5.41, 5.74) is 3.16. The topological polar surface area (TPSA) is 60.3 Å². The van der Waals surface area contributed by atoms with E-state index < -0.39 is 0 Å². The Balaban J connectivity index is 1.38. The Morgan fingerprint density at radius 2 is 1.67 bits per heavy atom. The van der Waals surface area contributed by atoms with E-state index in [0.717, 1.165) is 30.1 Å². The van der Waals surface area contributed by atoms with Gasteiger partial charge in [0.15, 0.2) is 17.1 Å². The first-order valence-corrected chi connectivity index (χ1v) is 11.9. The number of para-hydroxylation sites is 3. The Bertz CT molecular complexity index is 1240. The zero-order valence-corrected chi connectivity index (χ0v) is 19.1. The molecule has 33 heavy (non-hydrogen) atoms. The summed E-state index contributed by atoms with van der Waals surface area (Å²) < 4.78 is 8.09. The first-order valence-electron chi connectivity index (χ1n) is 10.9. The highest BCUT2D eigenvalue weighted by Gasteiger charge is 2.26. The van der Waals surface area contributed by atoms with Gasteiger partial charge in [0.05, 0.1) is 5.75 Å². The van der Waals surface area contributed by atoms with Crippen molar-refractivity contribution in [1.82, 2.24) is 14.8 Å². The van der Waals surface area contributed by atoms with Crippen molar-refractivity contribution in [3.63, 3.8) is 0 Å². The van der Waals surface area contributed by atoms with Crippen molar-refractivity contribution < 1.29 is 9.53 Å². The second-order valence-electron chi connectivity index (χ2n) is 7.80. The van der Waals surface area contributed by atoms with Crippen LogP contribution in [0.25, 0.3) is 5.69 Å². The van der Waals surface area contributed by atoms with Crippen LogP contribution in [0.2, 0.25) is 0 Å². The van der Waals surface area contributed by atoms with Gasteiger partial charge in [0.2, 0.25) is 5.91 Å². The maximum Gasteiger partial charge on any atom is 0.237 e. The lowest BCUT2D eigenvalue weighted by atomic mass is 10.2. The first kappa shape index (κ1) is 21.3. The molecule has 7 heteroatoms. The van der Waals surface area contributed by atoms with E-state index in [2.05, 4.69) is 16.3 Å². The highest BCUT2D eigenvalue weighted by Crippen LogP contribution is 2.31. The third-order valence-electron chi connectivity index (χ3n) is 5.61. The van der Waals surface area contributed by atoms with Crippen LogP contribution in [0.5, 0.6) is 5.75 Å². The number of amides is 1. The minimum atomic E-state index is -0.324. The number of carbonyl (C=O) groups is 1. The molecule has 1 aliphatic heterocycles. The second kappa shape index (κ2) is 9.50. The number of nitrogens with zero attached hydrogens (tertiary/aromatic N) is 4. The zero-order chi connectivity index (χ0) is 22.6. The predicted molar refractivity (Wildman–Crippen MR) is 130 cm³/mol. The SMILES string of the molecule is C[C@@H](Oc1ccccc1)c1nnc(SCC(=O)N2CCc3ccccc32)n1-c1ccccc1. The van der Waals surface area contributed by atoms with Crippen molar-refractivity contribution >= 4 is 23.4 Å². The minimum absolute atomic E-state index is 0.0719. The number of hydrogen-bond acceptors (Lipinski definition) is 5. The van der Waals surface area contributed by atoms with Crippen LogP contribution in [0, 0.1) is 0 Å². The normalized spacial score (nSPS) is 13.5. The van der Waals surface area contributed by atoms with Crippen LogP contribution in [0.4, 0.5) is 5.69 Å². The third-order valence-corrected chi connectivity index (χ3v) is 6.52. The van der Waals surface area contributed by atoms with Crippen LogP contribution in [-0.2, 0) is 11.2 Å². The van der Waals surface area contributed by atoms with Gasteiger partial charge in [-0.3, -0.25) is 9.36 Å². The molecule has 0 fully saturated rings. The fourth-order valence-corrected chi connectivity index (χ4v) is 4.85. The van der Waals surface area contributed by atoms with Crippen LogP contribution >= 0.6 is 11.8 Å². The Morgan fingerprint density at radius 3 is 2.45 bits per heavy atom. The Kier molecular flexibility index (Phi) is 6.13. The molecule has 1 aromatic heterocycles. The second-order valence-corrected chi connectivity index (χ2v) is 8.74. The summed E-state index contributed by atoms with van der Waals surface area (Å²) >= 11 is 1.40. The molecule has 1 amide bonds. The van der Waals surface area contributed by atoms with Crippen molar-refractivity contribution in [2.45, 2.75) is 24.6 Å². The quantitative estimate of drug-likeness (QED) is 0.363. The predicted octanol–water partition coefficient (Wildman–Crippen LogP) is 5.09. The molecule has 0 radical (unpaired) electrons. The van der Waals surface area contributed by atoms with E-state index in [1.165, 1.54) is 17.3 Å². The van der Waals surface area contributed by atoms with Gasteiger partial charge in [-0.1, -0.05) is 66.4 Å². The molecule has 0 N–H and O–H groups in total. The van der Waals surface area contributed by atoms with E-state index in [1.807, 2.05) is 95.3 Å². The van der Waals surface area contributed by atoms with Gasteiger partial charge in [-0.15, -0.1) is 10.2 Å². The first-order chi connectivity index (χ1) is 16.2. The number of fused-ring (bicyclic) bond motifs is 1. The molecule has 2 heterocycles. The Hall–Kier alpha value is -3.58. The van der Waals surface area contributed by atoms with Gasteiger partial charge in [-0.05, 0) is 49.2 Å². The van der Waals surface area contributed by atoms with Crippen molar-refractivity contribution in [1.29, 1.82) is 0 Å². The largest absolute Gasteiger partial charge is 0.483 e. The molecule has 0 saturated heterocycles. The number of aromatic nitrogens is 3. The molecular weight excluding hydrogens is 432 g/mol. The Morgan fingerprint density at radius 1 is 0.970 bits per heavy atom. The van der Waals surface area contributed by atoms with Crippen LogP contribution in [0.15, 0.2) is 90.1 Å². The van der Waals surface area contributed by atoms with E-state index in [9.17, 15) is 4.79 Å². The van der Waals surface area contributed by atoms with Crippen molar-refractivity contribution in [3.05, 3.63) is 96.3 Å². The average Bonchev–Trinajstić information content (AvgIpc) is 3.48. The molecule has 0 unspecified atom stereocenters. The highest BCUT2D eigenvalue weighted by molar-refractivity contribution is 7.99. The monoisotopic (exact) mass is 456 g/mol. The van der Waals surface area contributed by atoms with Gasteiger partial charge < -0.3 is 9.64 Å². The van der Waals surface area contributed by atoms with Crippen LogP contribution in [-0.4, -0.2) is 33.0 Å². The lowest BCUT2D eigenvalue weighted by Gasteiger charge is -2.18. The van der Waals surface area contributed by atoms with E-state index in [-0.39, 0.29) is 17.8 Å². The summed E-state index contributed by atoms with van der Waals surface area (Å²) in [6.45, 7) is 2.68. The molecular formula is C26H24N4O2S. The van der Waals surface area contributed by atoms with Crippen molar-refractivity contribution in [2.75, 3.05) is 17.2 Å². The summed E-state index contributed by atoms with van der Waals surface area (Å²) in [6.07, 6.45) is 0.571. The number of thioether (sulfide) groups is 1. The van der Waals surface area contributed by atoms with E-state index in [4.69, 9.17) is 4.74 Å². The average molecular weight is 457 g/mol. The van der Waals surface area contributed by atoms with Crippen LogP contribution in [0.3, 0.4) is 0 Å². The number of carbonyl (C=O) groups excluding carboxylic acids is 1. The van der Waals surface area contributed by atoms with Gasteiger partial charge >= 0.3 is 0 Å². The summed E-state index contributed by atoms with van der Waals surface area (Å²) in [4.78, 5) is 14.9. The summed E-state index contributed by atoms with van der Waals surface area (Å²) in [6, 6.07) is 27.7. The number of benzene rings is 3. The lowest BCUT2D eigenvalue weighted by Crippen LogP contribution is -2.30. The lowest BCUT2D eigenvalue weighted by molar-refractivity contribution is -0.116. The number of ether oxygens (including phenoxy) is 1. The molecule has 0 spiro atoms. The molecule has 3 aromatic carbocycles. The van der Waals surface area contributed by atoms with Gasteiger partial charge in [-0.2, -0.15) is 0 Å². The van der Waals surface area contributed by atoms with E-state index >= 15 is 0 Å². The van der Waals surface area contributed by atoms with E-state index in [0.29, 0.717) is 11.0 Å². The molecule has 5 rings (SSSR count). The summed E-state index contributed by atoms with van der Waals surface area (Å²) in [5.74, 6) is 1.81. The maximum atomic E-state index is 13.0. The number of anilines is 1. The smallest absolute Gasteiger partial charge is 0.237 e. The van der Waals surface area contributed by atoms with Crippen molar-refractivity contribution in [3.8, 4) is 11.4 Å². The fourth-order valence-electron chi connectivity index (χ4n) is 4.02. The molecule has 4 aromatic rings. The van der Waals surface area contributed by atoms with Crippen LogP contribution in [0.1, 0.15) is 24.4 Å². The van der Waals surface area contributed by atoms with Gasteiger partial charge in [0.25, 0.3) is 0 Å². The van der Waals surface area contributed by atoms with E-state index in [1.54, 1.807) is 0 Å². The zero-order valence-electron chi connectivity index (χ0n) is 18.3. The molecule has 1 aliphatic rings. The highest BCUT2D eigenvalue weighted by atomic mass is 32.2. The number of hydrogen-bond donors (Lipinski definition) is 0. The van der Waals surface area contributed by atoms with Crippen molar-refractivity contribution in [2.24, 2.45) is 0 Å². The Labute approximate surface area is 197 Å². The summed E-state index contributed by atoms with van der Waals surface area (Å²) in [7, 11) is 0. The standard InChI is InChI=1S/C26H24N4O2S/c1-19(32-22-13-6-3-7-14-22)25-27-28-26(30(25)21-11-4-2-5-12-21)33-18-24(31)29-17-16-20-10-8-9-15-23(20)29/h2-15,19H,16-18H2,1H3/t19-/m1/s1. The maximum absolute atomic E-state index is 13.0. The molecule has 166 valence electrons. The minimum Gasteiger partial charge on any atom is -0.483 e. The molecule has 0 saturated carbocycles. The van der Waals surface area contributed by atoms with Crippen LogP contribution < -0.4 is 9.64 Å². The van der Waals surface area contributed by atoms with Gasteiger partial charge in [-0.25, -0.2) is 0 Å². The van der Waals surface area contributed by atoms with Gasteiger partial charge in [0, 0.05) is 17.9 Å². The molecule has 0 bridgehead atoms.